The summed E-state index contributed by atoms with van der Waals surface area (Å²) in [5, 5.41) is 3.43. The molecule has 0 aliphatic carbocycles. The second-order valence-electron chi connectivity index (χ2n) is 3.80. The van der Waals surface area contributed by atoms with Crippen molar-refractivity contribution in [1.29, 1.82) is 0 Å². The highest BCUT2D eigenvalue weighted by Crippen LogP contribution is 2.32. The first kappa shape index (κ1) is 14.9. The van der Waals surface area contributed by atoms with Gasteiger partial charge in [-0.05, 0) is 12.5 Å². The number of rotatable bonds is 6. The third-order valence-electron chi connectivity index (χ3n) is 2.26. The second kappa shape index (κ2) is 7.34. The highest BCUT2D eigenvalue weighted by Gasteiger charge is 2.08. The summed E-state index contributed by atoms with van der Waals surface area (Å²) in [5.41, 5.74) is 6.05. The summed E-state index contributed by atoms with van der Waals surface area (Å²) < 4.78 is 5.28. The van der Waals surface area contributed by atoms with Crippen LogP contribution in [0.2, 0.25) is 10.0 Å². The van der Waals surface area contributed by atoms with E-state index < -0.39 is 0 Å². The highest BCUT2D eigenvalue weighted by atomic mass is 35.5. The van der Waals surface area contributed by atoms with Crippen LogP contribution in [0.25, 0.3) is 0 Å². The molecule has 0 aromatic heterocycles. The Morgan fingerprint density at radius 2 is 2.06 bits per heavy atom. The van der Waals surface area contributed by atoms with Crippen LogP contribution in [-0.2, 0) is 4.79 Å². The standard InChI is InChI=1S/C12H16Cl2N2O2/c1-2-3-4-16-12(17)7-18-11-6-9(14)8(13)5-10(11)15/h5-6H,2-4,7,15H2,1H3,(H,16,17). The van der Waals surface area contributed by atoms with E-state index in [4.69, 9.17) is 33.7 Å². The van der Waals surface area contributed by atoms with Gasteiger partial charge in [-0.25, -0.2) is 0 Å². The molecule has 1 aromatic rings. The number of unbranched alkanes of at least 4 members (excludes halogenated alkanes) is 1. The summed E-state index contributed by atoms with van der Waals surface area (Å²) in [6, 6.07) is 2.99. The van der Waals surface area contributed by atoms with Crippen LogP contribution in [-0.4, -0.2) is 19.1 Å². The Morgan fingerprint density at radius 1 is 1.39 bits per heavy atom. The average Bonchev–Trinajstić information content (AvgIpc) is 2.32. The third-order valence-corrected chi connectivity index (χ3v) is 2.99. The zero-order valence-electron chi connectivity index (χ0n) is 10.1. The maximum absolute atomic E-state index is 11.4. The van der Waals surface area contributed by atoms with E-state index in [-0.39, 0.29) is 12.5 Å². The lowest BCUT2D eigenvalue weighted by atomic mass is 10.3. The van der Waals surface area contributed by atoms with Gasteiger partial charge in [0.05, 0.1) is 15.7 Å². The molecule has 0 unspecified atom stereocenters. The molecule has 0 saturated heterocycles. The molecule has 4 nitrogen and oxygen atoms in total. The number of nitrogens with one attached hydrogen (secondary N) is 1. The molecule has 0 fully saturated rings. The lowest BCUT2D eigenvalue weighted by Crippen LogP contribution is -2.29. The van der Waals surface area contributed by atoms with Gasteiger partial charge in [0.2, 0.25) is 0 Å². The van der Waals surface area contributed by atoms with Crippen LogP contribution in [0, 0.1) is 0 Å². The molecule has 0 aliphatic heterocycles. The van der Waals surface area contributed by atoms with E-state index in [2.05, 4.69) is 12.2 Å². The molecule has 1 aromatic carbocycles. The van der Waals surface area contributed by atoms with Gasteiger partial charge < -0.3 is 15.8 Å². The number of nitrogen functional groups attached to an aromatic ring is 1. The van der Waals surface area contributed by atoms with Crippen molar-refractivity contribution in [2.24, 2.45) is 0 Å². The van der Waals surface area contributed by atoms with Gasteiger partial charge in [0, 0.05) is 12.6 Å². The fourth-order valence-electron chi connectivity index (χ4n) is 1.27. The Morgan fingerprint density at radius 3 is 2.72 bits per heavy atom. The average molecular weight is 291 g/mol. The topological polar surface area (TPSA) is 64.3 Å². The number of benzene rings is 1. The molecule has 0 aliphatic rings. The van der Waals surface area contributed by atoms with Gasteiger partial charge in [-0.2, -0.15) is 0 Å². The number of carbonyl (C=O) groups excluding carboxylic acids is 1. The first-order valence-corrected chi connectivity index (χ1v) is 6.44. The fraction of sp³-hybridized carbons (Fsp3) is 0.417. The van der Waals surface area contributed by atoms with Crippen molar-refractivity contribution >= 4 is 34.8 Å². The number of ether oxygens (including phenoxy) is 1. The van der Waals surface area contributed by atoms with Crippen LogP contribution < -0.4 is 15.8 Å². The molecule has 0 radical (unpaired) electrons. The van der Waals surface area contributed by atoms with E-state index in [0.29, 0.717) is 28.0 Å². The summed E-state index contributed by atoms with van der Waals surface area (Å²) in [4.78, 5) is 11.4. The summed E-state index contributed by atoms with van der Waals surface area (Å²) in [7, 11) is 0. The number of hydrogen-bond acceptors (Lipinski definition) is 3. The zero-order valence-corrected chi connectivity index (χ0v) is 11.6. The summed E-state index contributed by atoms with van der Waals surface area (Å²) in [6.45, 7) is 2.61. The predicted octanol–water partition coefficient (Wildman–Crippen LogP) is 2.87. The van der Waals surface area contributed by atoms with Gasteiger partial charge in [0.15, 0.2) is 6.61 Å². The molecule has 18 heavy (non-hydrogen) atoms. The largest absolute Gasteiger partial charge is 0.482 e. The predicted molar refractivity (Wildman–Crippen MR) is 74.3 cm³/mol. The highest BCUT2D eigenvalue weighted by molar-refractivity contribution is 6.42. The number of anilines is 1. The van der Waals surface area contributed by atoms with Crippen molar-refractivity contribution in [3.8, 4) is 5.75 Å². The minimum Gasteiger partial charge on any atom is -0.482 e. The van der Waals surface area contributed by atoms with Crippen molar-refractivity contribution in [2.75, 3.05) is 18.9 Å². The number of halogens is 2. The van der Waals surface area contributed by atoms with Crippen LogP contribution in [0.5, 0.6) is 5.75 Å². The van der Waals surface area contributed by atoms with E-state index >= 15 is 0 Å². The summed E-state index contributed by atoms with van der Waals surface area (Å²) in [6.07, 6.45) is 1.97. The number of amides is 1. The van der Waals surface area contributed by atoms with Gasteiger partial charge in [-0.3, -0.25) is 4.79 Å². The van der Waals surface area contributed by atoms with E-state index in [0.717, 1.165) is 12.8 Å². The van der Waals surface area contributed by atoms with E-state index in [1.54, 1.807) is 0 Å². The van der Waals surface area contributed by atoms with Crippen LogP contribution >= 0.6 is 23.2 Å². The first-order valence-electron chi connectivity index (χ1n) is 5.68. The molecule has 0 atom stereocenters. The molecule has 0 saturated carbocycles. The Hall–Kier alpha value is -1.13. The third kappa shape index (κ3) is 4.63. The molecule has 3 N–H and O–H groups in total. The Labute approximate surface area is 116 Å². The molecule has 0 bridgehead atoms. The molecule has 6 heteroatoms. The van der Waals surface area contributed by atoms with Crippen molar-refractivity contribution in [2.45, 2.75) is 19.8 Å². The van der Waals surface area contributed by atoms with Gasteiger partial charge in [0.1, 0.15) is 5.75 Å². The van der Waals surface area contributed by atoms with Crippen molar-refractivity contribution in [3.63, 3.8) is 0 Å². The maximum Gasteiger partial charge on any atom is 0.257 e. The SMILES string of the molecule is CCCCNC(=O)COc1cc(Cl)c(Cl)cc1N. The number of nitrogens with two attached hydrogens (primary N) is 1. The van der Waals surface area contributed by atoms with Crippen LogP contribution in [0.3, 0.4) is 0 Å². The van der Waals surface area contributed by atoms with Crippen LogP contribution in [0.4, 0.5) is 5.69 Å². The number of carbonyl (C=O) groups is 1. The lowest BCUT2D eigenvalue weighted by molar-refractivity contribution is -0.123. The Bertz CT molecular complexity index is 425. The minimum absolute atomic E-state index is 0.0914. The van der Waals surface area contributed by atoms with E-state index in [1.807, 2.05) is 0 Å². The summed E-state index contributed by atoms with van der Waals surface area (Å²) >= 11 is 11.6. The van der Waals surface area contributed by atoms with E-state index in [1.165, 1.54) is 12.1 Å². The molecule has 100 valence electrons. The molecule has 1 rings (SSSR count). The number of hydrogen-bond donors (Lipinski definition) is 2. The smallest absolute Gasteiger partial charge is 0.257 e. The minimum atomic E-state index is -0.186. The molecular weight excluding hydrogens is 275 g/mol. The van der Waals surface area contributed by atoms with Crippen LogP contribution in [0.1, 0.15) is 19.8 Å². The molecule has 0 heterocycles. The van der Waals surface area contributed by atoms with Gasteiger partial charge in [-0.1, -0.05) is 36.5 Å². The summed E-state index contributed by atoms with van der Waals surface area (Å²) in [5.74, 6) is 0.170. The van der Waals surface area contributed by atoms with Gasteiger partial charge in [-0.15, -0.1) is 0 Å². The second-order valence-corrected chi connectivity index (χ2v) is 4.61. The molecule has 0 spiro atoms. The monoisotopic (exact) mass is 290 g/mol. The van der Waals surface area contributed by atoms with Gasteiger partial charge >= 0.3 is 0 Å². The van der Waals surface area contributed by atoms with Gasteiger partial charge in [0.25, 0.3) is 5.91 Å². The van der Waals surface area contributed by atoms with E-state index in [9.17, 15) is 4.79 Å². The maximum atomic E-state index is 11.4. The van der Waals surface area contributed by atoms with Crippen molar-refractivity contribution in [1.82, 2.24) is 5.32 Å². The lowest BCUT2D eigenvalue weighted by Gasteiger charge is -2.10. The first-order chi connectivity index (χ1) is 8.54. The molecular formula is C12H16Cl2N2O2. The Balaban J connectivity index is 2.48. The normalized spacial score (nSPS) is 10.2. The quantitative estimate of drug-likeness (QED) is 0.625. The van der Waals surface area contributed by atoms with Crippen molar-refractivity contribution < 1.29 is 9.53 Å². The fourth-order valence-corrected chi connectivity index (χ4v) is 1.59. The molecule has 1 amide bonds. The van der Waals surface area contributed by atoms with Crippen LogP contribution in [0.15, 0.2) is 12.1 Å². The van der Waals surface area contributed by atoms with Crippen molar-refractivity contribution in [3.05, 3.63) is 22.2 Å². The Kier molecular flexibility index (Phi) is 6.09. The zero-order chi connectivity index (χ0) is 13.5.